The lowest BCUT2D eigenvalue weighted by Crippen LogP contribution is -2.33. The second-order valence-electron chi connectivity index (χ2n) is 5.25. The zero-order valence-corrected chi connectivity index (χ0v) is 11.8. The number of aryl methyl sites for hydroxylation is 1. The van der Waals surface area contributed by atoms with E-state index >= 15 is 0 Å². The van der Waals surface area contributed by atoms with Gasteiger partial charge in [0.2, 0.25) is 0 Å². The van der Waals surface area contributed by atoms with Gasteiger partial charge in [0.15, 0.2) is 6.10 Å². The van der Waals surface area contributed by atoms with Crippen molar-refractivity contribution in [3.63, 3.8) is 0 Å². The SMILES string of the molecule is CCc1ccccc1OC(C)C(=O)OC(C)(C)C. The highest BCUT2D eigenvalue weighted by atomic mass is 16.6. The Morgan fingerprint density at radius 1 is 1.28 bits per heavy atom. The Hall–Kier alpha value is -1.51. The second kappa shape index (κ2) is 5.89. The van der Waals surface area contributed by atoms with E-state index in [0.29, 0.717) is 0 Å². The average Bonchev–Trinajstić information content (AvgIpc) is 2.27. The molecule has 1 atom stereocenters. The monoisotopic (exact) mass is 250 g/mol. The van der Waals surface area contributed by atoms with Crippen LogP contribution in [0, 0.1) is 0 Å². The molecule has 0 saturated carbocycles. The van der Waals surface area contributed by atoms with Gasteiger partial charge in [0.25, 0.3) is 0 Å². The predicted octanol–water partition coefficient (Wildman–Crippen LogP) is 3.36. The number of esters is 1. The molecule has 0 bridgehead atoms. The Balaban J connectivity index is 2.69. The second-order valence-corrected chi connectivity index (χ2v) is 5.25. The Morgan fingerprint density at radius 3 is 2.44 bits per heavy atom. The number of hydrogen-bond donors (Lipinski definition) is 0. The van der Waals surface area contributed by atoms with Crippen molar-refractivity contribution < 1.29 is 14.3 Å². The molecule has 3 heteroatoms. The Labute approximate surface area is 109 Å². The standard InChI is InChI=1S/C15H22O3/c1-6-12-9-7-8-10-13(12)17-11(2)14(16)18-15(3,4)5/h7-11H,6H2,1-5H3. The van der Waals surface area contributed by atoms with Crippen molar-refractivity contribution in [3.05, 3.63) is 29.8 Å². The maximum absolute atomic E-state index is 11.8. The Kier molecular flexibility index (Phi) is 4.76. The van der Waals surface area contributed by atoms with Gasteiger partial charge in [0, 0.05) is 0 Å². The van der Waals surface area contributed by atoms with E-state index in [9.17, 15) is 4.79 Å². The number of para-hydroxylation sites is 1. The molecule has 0 fully saturated rings. The molecule has 0 heterocycles. The van der Waals surface area contributed by atoms with Crippen LogP contribution in [0.5, 0.6) is 5.75 Å². The zero-order chi connectivity index (χ0) is 13.8. The van der Waals surface area contributed by atoms with Gasteiger partial charge in [-0.25, -0.2) is 4.79 Å². The predicted molar refractivity (Wildman–Crippen MR) is 71.8 cm³/mol. The van der Waals surface area contributed by atoms with Crippen molar-refractivity contribution in [1.29, 1.82) is 0 Å². The number of benzene rings is 1. The van der Waals surface area contributed by atoms with E-state index in [1.165, 1.54) is 0 Å². The summed E-state index contributed by atoms with van der Waals surface area (Å²) in [5, 5.41) is 0. The molecule has 0 N–H and O–H groups in total. The van der Waals surface area contributed by atoms with Gasteiger partial charge in [-0.2, -0.15) is 0 Å². The van der Waals surface area contributed by atoms with Gasteiger partial charge >= 0.3 is 5.97 Å². The van der Waals surface area contributed by atoms with Crippen LogP contribution in [0.15, 0.2) is 24.3 Å². The quantitative estimate of drug-likeness (QED) is 0.769. The third-order valence-corrected chi connectivity index (χ3v) is 2.40. The number of carbonyl (C=O) groups excluding carboxylic acids is 1. The van der Waals surface area contributed by atoms with E-state index in [0.717, 1.165) is 17.7 Å². The first-order chi connectivity index (χ1) is 8.33. The van der Waals surface area contributed by atoms with Gasteiger partial charge < -0.3 is 9.47 Å². The van der Waals surface area contributed by atoms with Crippen molar-refractivity contribution in [1.82, 2.24) is 0 Å². The summed E-state index contributed by atoms with van der Waals surface area (Å²) >= 11 is 0. The third kappa shape index (κ3) is 4.40. The molecular weight excluding hydrogens is 228 g/mol. The molecule has 0 aromatic heterocycles. The smallest absolute Gasteiger partial charge is 0.347 e. The van der Waals surface area contributed by atoms with Crippen LogP contribution < -0.4 is 4.74 Å². The van der Waals surface area contributed by atoms with Crippen molar-refractivity contribution in [2.45, 2.75) is 52.7 Å². The third-order valence-electron chi connectivity index (χ3n) is 2.40. The summed E-state index contributed by atoms with van der Waals surface area (Å²) < 4.78 is 11.0. The fourth-order valence-corrected chi connectivity index (χ4v) is 1.53. The van der Waals surface area contributed by atoms with Gasteiger partial charge in [-0.05, 0) is 45.7 Å². The van der Waals surface area contributed by atoms with Crippen LogP contribution >= 0.6 is 0 Å². The molecular formula is C15H22O3. The molecule has 0 radical (unpaired) electrons. The fourth-order valence-electron chi connectivity index (χ4n) is 1.53. The Bertz CT molecular complexity index is 404. The first-order valence-electron chi connectivity index (χ1n) is 6.31. The molecule has 100 valence electrons. The maximum atomic E-state index is 11.8. The minimum absolute atomic E-state index is 0.339. The normalized spacial score (nSPS) is 12.9. The van der Waals surface area contributed by atoms with E-state index in [1.807, 2.05) is 45.0 Å². The van der Waals surface area contributed by atoms with Crippen molar-refractivity contribution >= 4 is 5.97 Å². The summed E-state index contributed by atoms with van der Waals surface area (Å²) in [6.45, 7) is 9.30. The molecule has 3 nitrogen and oxygen atoms in total. The van der Waals surface area contributed by atoms with E-state index < -0.39 is 11.7 Å². The lowest BCUT2D eigenvalue weighted by Gasteiger charge is -2.23. The largest absolute Gasteiger partial charge is 0.479 e. The van der Waals surface area contributed by atoms with E-state index in [1.54, 1.807) is 6.92 Å². The number of carbonyl (C=O) groups is 1. The highest BCUT2D eigenvalue weighted by Gasteiger charge is 2.23. The van der Waals surface area contributed by atoms with Crippen LogP contribution in [-0.2, 0) is 16.0 Å². The minimum atomic E-state index is -0.600. The summed E-state index contributed by atoms with van der Waals surface area (Å²) in [4.78, 5) is 11.8. The van der Waals surface area contributed by atoms with Gasteiger partial charge in [-0.15, -0.1) is 0 Å². The van der Waals surface area contributed by atoms with E-state index in [4.69, 9.17) is 9.47 Å². The Morgan fingerprint density at radius 2 is 1.89 bits per heavy atom. The van der Waals surface area contributed by atoms with Crippen molar-refractivity contribution in [2.75, 3.05) is 0 Å². The van der Waals surface area contributed by atoms with Crippen LogP contribution in [0.25, 0.3) is 0 Å². The van der Waals surface area contributed by atoms with Crippen LogP contribution in [0.2, 0.25) is 0 Å². The molecule has 1 rings (SSSR count). The lowest BCUT2D eigenvalue weighted by atomic mass is 10.1. The van der Waals surface area contributed by atoms with Gasteiger partial charge in [0.1, 0.15) is 11.4 Å². The molecule has 1 aromatic rings. The highest BCUT2D eigenvalue weighted by Crippen LogP contribution is 2.20. The molecule has 18 heavy (non-hydrogen) atoms. The fraction of sp³-hybridized carbons (Fsp3) is 0.533. The molecule has 0 aliphatic carbocycles. The summed E-state index contributed by atoms with van der Waals surface area (Å²) in [7, 11) is 0. The van der Waals surface area contributed by atoms with Crippen LogP contribution in [-0.4, -0.2) is 17.7 Å². The van der Waals surface area contributed by atoms with Crippen LogP contribution in [0.4, 0.5) is 0 Å². The molecule has 0 saturated heterocycles. The van der Waals surface area contributed by atoms with E-state index in [2.05, 4.69) is 6.92 Å². The highest BCUT2D eigenvalue weighted by molar-refractivity contribution is 5.75. The molecule has 0 spiro atoms. The van der Waals surface area contributed by atoms with Crippen LogP contribution in [0.1, 0.15) is 40.2 Å². The van der Waals surface area contributed by atoms with Gasteiger partial charge in [-0.1, -0.05) is 25.1 Å². The summed E-state index contributed by atoms with van der Waals surface area (Å²) in [6, 6.07) is 7.73. The van der Waals surface area contributed by atoms with Gasteiger partial charge in [-0.3, -0.25) is 0 Å². The molecule has 0 amide bonds. The van der Waals surface area contributed by atoms with Gasteiger partial charge in [0.05, 0.1) is 0 Å². The number of hydrogen-bond acceptors (Lipinski definition) is 3. The first kappa shape index (κ1) is 14.6. The summed E-state index contributed by atoms with van der Waals surface area (Å²) in [5.41, 5.74) is 0.604. The summed E-state index contributed by atoms with van der Waals surface area (Å²) in [5.74, 6) is 0.409. The molecule has 1 aromatic carbocycles. The molecule has 0 aliphatic rings. The number of ether oxygens (including phenoxy) is 2. The lowest BCUT2D eigenvalue weighted by molar-refractivity contribution is -0.162. The van der Waals surface area contributed by atoms with Crippen molar-refractivity contribution in [3.8, 4) is 5.75 Å². The minimum Gasteiger partial charge on any atom is -0.479 e. The zero-order valence-electron chi connectivity index (χ0n) is 11.8. The van der Waals surface area contributed by atoms with Crippen LogP contribution in [0.3, 0.4) is 0 Å². The number of rotatable bonds is 4. The summed E-state index contributed by atoms with van der Waals surface area (Å²) in [6.07, 6.45) is 0.272. The maximum Gasteiger partial charge on any atom is 0.347 e. The molecule has 0 aliphatic heterocycles. The average molecular weight is 250 g/mol. The molecule has 1 unspecified atom stereocenters. The first-order valence-corrected chi connectivity index (χ1v) is 6.31. The van der Waals surface area contributed by atoms with Crippen molar-refractivity contribution in [2.24, 2.45) is 0 Å². The topological polar surface area (TPSA) is 35.5 Å². The van der Waals surface area contributed by atoms with E-state index in [-0.39, 0.29) is 5.97 Å².